The van der Waals surface area contributed by atoms with Gasteiger partial charge < -0.3 is 19.3 Å². The summed E-state index contributed by atoms with van der Waals surface area (Å²) in [6.07, 6.45) is 0.644. The van der Waals surface area contributed by atoms with E-state index in [1.165, 1.54) is 0 Å². The van der Waals surface area contributed by atoms with Gasteiger partial charge in [0.2, 0.25) is 5.89 Å². The highest BCUT2D eigenvalue weighted by Gasteiger charge is 2.06. The van der Waals surface area contributed by atoms with Gasteiger partial charge in [-0.25, -0.2) is 0 Å². The maximum absolute atomic E-state index is 5.17. The minimum absolute atomic E-state index is 0. The third kappa shape index (κ3) is 5.71. The predicted molar refractivity (Wildman–Crippen MR) is 80.9 cm³/mol. The van der Waals surface area contributed by atoms with Crippen molar-refractivity contribution < 1.29 is 14.0 Å². The fourth-order valence-corrected chi connectivity index (χ4v) is 1.73. The minimum atomic E-state index is 0. The van der Waals surface area contributed by atoms with E-state index in [4.69, 9.17) is 14.0 Å². The SMILES string of the molecule is COCCNCc1nc(Cc2ccc(OC)cc2)no1.Cl. The number of halogens is 1. The summed E-state index contributed by atoms with van der Waals surface area (Å²) in [4.78, 5) is 4.33. The first kappa shape index (κ1) is 17.4. The number of benzene rings is 1. The van der Waals surface area contributed by atoms with Crippen molar-refractivity contribution in [3.05, 3.63) is 41.5 Å². The number of aromatic nitrogens is 2. The van der Waals surface area contributed by atoms with Gasteiger partial charge in [0, 0.05) is 20.1 Å². The maximum atomic E-state index is 5.17. The summed E-state index contributed by atoms with van der Waals surface area (Å²) in [7, 11) is 3.32. The lowest BCUT2D eigenvalue weighted by Gasteiger charge is -2.00. The van der Waals surface area contributed by atoms with Crippen LogP contribution < -0.4 is 10.1 Å². The fraction of sp³-hybridized carbons (Fsp3) is 0.429. The highest BCUT2D eigenvalue weighted by atomic mass is 35.5. The minimum Gasteiger partial charge on any atom is -0.497 e. The van der Waals surface area contributed by atoms with Crippen LogP contribution >= 0.6 is 12.4 Å². The largest absolute Gasteiger partial charge is 0.497 e. The number of nitrogens with zero attached hydrogens (tertiary/aromatic N) is 2. The average molecular weight is 314 g/mol. The lowest BCUT2D eigenvalue weighted by atomic mass is 10.1. The Hall–Kier alpha value is -1.63. The molecule has 0 spiro atoms. The first-order valence-electron chi connectivity index (χ1n) is 6.46. The van der Waals surface area contributed by atoms with E-state index < -0.39 is 0 Å². The molecule has 21 heavy (non-hydrogen) atoms. The lowest BCUT2D eigenvalue weighted by Crippen LogP contribution is -2.18. The van der Waals surface area contributed by atoms with Crippen molar-refractivity contribution in [2.45, 2.75) is 13.0 Å². The van der Waals surface area contributed by atoms with Crippen LogP contribution in [0.3, 0.4) is 0 Å². The van der Waals surface area contributed by atoms with E-state index in [9.17, 15) is 0 Å². The van der Waals surface area contributed by atoms with E-state index in [1.54, 1.807) is 14.2 Å². The van der Waals surface area contributed by atoms with Crippen molar-refractivity contribution in [3.8, 4) is 5.75 Å². The summed E-state index contributed by atoms with van der Waals surface area (Å²) >= 11 is 0. The van der Waals surface area contributed by atoms with Gasteiger partial charge in [0.1, 0.15) is 5.75 Å². The highest BCUT2D eigenvalue weighted by Crippen LogP contribution is 2.13. The van der Waals surface area contributed by atoms with Gasteiger partial charge in [-0.05, 0) is 17.7 Å². The van der Waals surface area contributed by atoms with E-state index in [0.717, 1.165) is 17.9 Å². The van der Waals surface area contributed by atoms with Crippen LogP contribution in [0.4, 0.5) is 0 Å². The van der Waals surface area contributed by atoms with E-state index in [0.29, 0.717) is 31.3 Å². The predicted octanol–water partition coefficient (Wildman–Crippen LogP) is 1.83. The summed E-state index contributed by atoms with van der Waals surface area (Å²) in [6, 6.07) is 7.82. The van der Waals surface area contributed by atoms with Crippen LogP contribution in [0.25, 0.3) is 0 Å². The van der Waals surface area contributed by atoms with E-state index >= 15 is 0 Å². The summed E-state index contributed by atoms with van der Waals surface area (Å²) < 4.78 is 15.2. The Balaban J connectivity index is 0.00000220. The van der Waals surface area contributed by atoms with Gasteiger partial charge in [0.15, 0.2) is 5.82 Å². The molecular formula is C14H20ClN3O3. The second-order valence-corrected chi connectivity index (χ2v) is 4.30. The zero-order valence-electron chi connectivity index (χ0n) is 12.2. The molecule has 116 valence electrons. The Labute approximate surface area is 130 Å². The Morgan fingerprint density at radius 1 is 1.19 bits per heavy atom. The molecule has 6 nitrogen and oxygen atoms in total. The van der Waals surface area contributed by atoms with Crippen molar-refractivity contribution in [1.82, 2.24) is 15.5 Å². The number of rotatable bonds is 8. The van der Waals surface area contributed by atoms with Crippen LogP contribution in [0.5, 0.6) is 5.75 Å². The Morgan fingerprint density at radius 3 is 2.62 bits per heavy atom. The molecule has 1 aromatic heterocycles. The second-order valence-electron chi connectivity index (χ2n) is 4.30. The van der Waals surface area contributed by atoms with E-state index in [2.05, 4.69) is 15.5 Å². The maximum Gasteiger partial charge on any atom is 0.240 e. The molecule has 0 fully saturated rings. The molecule has 1 aromatic carbocycles. The van der Waals surface area contributed by atoms with Gasteiger partial charge in [0.05, 0.1) is 20.3 Å². The summed E-state index contributed by atoms with van der Waals surface area (Å²) in [5, 5.41) is 7.12. The summed E-state index contributed by atoms with van der Waals surface area (Å²) in [6.45, 7) is 1.97. The Kier molecular flexibility index (Phi) is 7.74. The van der Waals surface area contributed by atoms with Crippen molar-refractivity contribution in [1.29, 1.82) is 0 Å². The molecule has 2 rings (SSSR count). The van der Waals surface area contributed by atoms with Crippen LogP contribution in [0.15, 0.2) is 28.8 Å². The molecule has 0 amide bonds. The van der Waals surface area contributed by atoms with Crippen molar-refractivity contribution >= 4 is 12.4 Å². The first-order valence-corrected chi connectivity index (χ1v) is 6.46. The molecule has 1 N–H and O–H groups in total. The van der Waals surface area contributed by atoms with Crippen LogP contribution in [0, 0.1) is 0 Å². The van der Waals surface area contributed by atoms with Crippen LogP contribution in [0.1, 0.15) is 17.3 Å². The molecule has 0 aliphatic heterocycles. The standard InChI is InChI=1S/C14H19N3O3.ClH/c1-18-8-7-15-10-14-16-13(17-20-14)9-11-3-5-12(19-2)6-4-11;/h3-6,15H,7-10H2,1-2H3;1H. The monoisotopic (exact) mass is 313 g/mol. The summed E-state index contributed by atoms with van der Waals surface area (Å²) in [5.74, 6) is 2.10. The zero-order chi connectivity index (χ0) is 14.2. The molecule has 0 saturated heterocycles. The molecule has 0 atom stereocenters. The normalized spacial score (nSPS) is 10.2. The molecule has 0 saturated carbocycles. The number of methoxy groups -OCH3 is 2. The molecule has 2 aromatic rings. The first-order chi connectivity index (χ1) is 9.81. The Morgan fingerprint density at radius 2 is 1.95 bits per heavy atom. The quantitative estimate of drug-likeness (QED) is 0.750. The molecule has 0 aliphatic carbocycles. The van der Waals surface area contributed by atoms with E-state index in [1.807, 2.05) is 24.3 Å². The van der Waals surface area contributed by atoms with Crippen molar-refractivity contribution in [2.24, 2.45) is 0 Å². The third-order valence-electron chi connectivity index (χ3n) is 2.79. The van der Waals surface area contributed by atoms with Gasteiger partial charge in [0.25, 0.3) is 0 Å². The fourth-order valence-electron chi connectivity index (χ4n) is 1.73. The third-order valence-corrected chi connectivity index (χ3v) is 2.79. The van der Waals surface area contributed by atoms with Gasteiger partial charge in [-0.2, -0.15) is 4.98 Å². The number of ether oxygens (including phenoxy) is 2. The zero-order valence-corrected chi connectivity index (χ0v) is 13.0. The summed E-state index contributed by atoms with van der Waals surface area (Å²) in [5.41, 5.74) is 1.12. The second kappa shape index (κ2) is 9.33. The molecule has 0 aliphatic rings. The number of hydrogen-bond acceptors (Lipinski definition) is 6. The molecule has 0 radical (unpaired) electrons. The molecule has 1 heterocycles. The topological polar surface area (TPSA) is 69.4 Å². The highest BCUT2D eigenvalue weighted by molar-refractivity contribution is 5.85. The van der Waals surface area contributed by atoms with Crippen molar-refractivity contribution in [3.63, 3.8) is 0 Å². The van der Waals surface area contributed by atoms with Gasteiger partial charge in [-0.1, -0.05) is 17.3 Å². The van der Waals surface area contributed by atoms with Crippen LogP contribution in [-0.2, 0) is 17.7 Å². The van der Waals surface area contributed by atoms with Gasteiger partial charge in [-0.15, -0.1) is 12.4 Å². The smallest absolute Gasteiger partial charge is 0.240 e. The molecule has 7 heteroatoms. The number of nitrogens with one attached hydrogen (secondary N) is 1. The number of hydrogen-bond donors (Lipinski definition) is 1. The van der Waals surface area contributed by atoms with Gasteiger partial charge >= 0.3 is 0 Å². The Bertz CT molecular complexity index is 516. The lowest BCUT2D eigenvalue weighted by molar-refractivity contribution is 0.197. The van der Waals surface area contributed by atoms with E-state index in [-0.39, 0.29) is 12.4 Å². The average Bonchev–Trinajstić information content (AvgIpc) is 2.92. The van der Waals surface area contributed by atoms with Crippen LogP contribution in [0.2, 0.25) is 0 Å². The molecular weight excluding hydrogens is 294 g/mol. The van der Waals surface area contributed by atoms with Crippen molar-refractivity contribution in [2.75, 3.05) is 27.4 Å². The molecule has 0 bridgehead atoms. The molecule has 0 unspecified atom stereocenters. The van der Waals surface area contributed by atoms with Crippen LogP contribution in [-0.4, -0.2) is 37.5 Å². The van der Waals surface area contributed by atoms with Gasteiger partial charge in [-0.3, -0.25) is 0 Å².